The lowest BCUT2D eigenvalue weighted by atomic mass is 10.1. The lowest BCUT2D eigenvalue weighted by Gasteiger charge is -2.20. The highest BCUT2D eigenvalue weighted by Crippen LogP contribution is 2.25. The summed E-state index contributed by atoms with van der Waals surface area (Å²) in [4.78, 5) is 0.247. The van der Waals surface area contributed by atoms with Gasteiger partial charge in [-0.25, -0.2) is 12.8 Å². The summed E-state index contributed by atoms with van der Waals surface area (Å²) in [5, 5.41) is 3.18. The fraction of sp³-hybridized carbons (Fsp3) is 0.200. The van der Waals surface area contributed by atoms with E-state index in [-0.39, 0.29) is 4.90 Å². The molecule has 21 heavy (non-hydrogen) atoms. The first kappa shape index (κ1) is 14.0. The van der Waals surface area contributed by atoms with Crippen molar-refractivity contribution in [2.45, 2.75) is 18.0 Å². The lowest BCUT2D eigenvalue weighted by molar-refractivity contribution is 0.594. The molecule has 0 bridgehead atoms. The summed E-state index contributed by atoms with van der Waals surface area (Å²) in [6.45, 7) is 1.45. The maximum atomic E-state index is 12.9. The average molecular weight is 306 g/mol. The van der Waals surface area contributed by atoms with Crippen LogP contribution in [-0.4, -0.2) is 15.5 Å². The summed E-state index contributed by atoms with van der Waals surface area (Å²) in [7, 11) is -2.18. The molecule has 0 unspecified atom stereocenters. The summed E-state index contributed by atoms with van der Waals surface area (Å²) in [5.41, 5.74) is 2.55. The van der Waals surface area contributed by atoms with E-state index in [2.05, 4.69) is 5.32 Å². The van der Waals surface area contributed by atoms with Gasteiger partial charge in [0.05, 0.1) is 10.6 Å². The molecule has 3 rings (SSSR count). The van der Waals surface area contributed by atoms with Crippen molar-refractivity contribution in [3.8, 4) is 0 Å². The monoisotopic (exact) mass is 306 g/mol. The van der Waals surface area contributed by atoms with Crippen LogP contribution in [0.5, 0.6) is 0 Å². The van der Waals surface area contributed by atoms with Crippen LogP contribution in [0.25, 0.3) is 0 Å². The minimum Gasteiger partial charge on any atom is -0.309 e. The van der Waals surface area contributed by atoms with Crippen molar-refractivity contribution in [1.82, 2.24) is 5.32 Å². The van der Waals surface area contributed by atoms with Crippen molar-refractivity contribution in [3.63, 3.8) is 0 Å². The molecule has 0 fully saturated rings. The summed E-state index contributed by atoms with van der Waals surface area (Å²) in [5.74, 6) is -0.395. The molecule has 1 heterocycles. The Kier molecular flexibility index (Phi) is 3.43. The highest BCUT2D eigenvalue weighted by atomic mass is 32.2. The molecule has 0 saturated heterocycles. The third-order valence-corrected chi connectivity index (χ3v) is 5.44. The Labute approximate surface area is 123 Å². The first-order valence-electron chi connectivity index (χ1n) is 6.55. The lowest BCUT2D eigenvalue weighted by Crippen LogP contribution is -2.26. The second-order valence-corrected chi connectivity index (χ2v) is 6.95. The standard InChI is InChI=1S/C15H15FN2O2S/c1-18(14-5-3-13(16)4-6-14)21(19,20)15-7-2-11-9-17-10-12(11)8-15/h2-8,17H,9-10H2,1H3. The molecule has 6 heteroatoms. The summed E-state index contributed by atoms with van der Waals surface area (Å²) < 4.78 is 39.4. The van der Waals surface area contributed by atoms with Crippen molar-refractivity contribution in [2.75, 3.05) is 11.4 Å². The predicted molar refractivity (Wildman–Crippen MR) is 79.0 cm³/mol. The fourth-order valence-corrected chi connectivity index (χ4v) is 3.63. The number of sulfonamides is 1. The molecule has 1 aliphatic rings. The van der Waals surface area contributed by atoms with Crippen LogP contribution in [0.2, 0.25) is 0 Å². The first-order chi connectivity index (χ1) is 9.98. The SMILES string of the molecule is CN(c1ccc(F)cc1)S(=O)(=O)c1ccc2c(c1)CNC2. The van der Waals surface area contributed by atoms with Crippen molar-refractivity contribution in [1.29, 1.82) is 0 Å². The van der Waals surface area contributed by atoms with E-state index in [4.69, 9.17) is 0 Å². The van der Waals surface area contributed by atoms with Gasteiger partial charge in [0, 0.05) is 20.1 Å². The third kappa shape index (κ3) is 2.52. The first-order valence-corrected chi connectivity index (χ1v) is 7.99. The molecule has 1 N–H and O–H groups in total. The third-order valence-electron chi connectivity index (χ3n) is 3.66. The minimum absolute atomic E-state index is 0.247. The number of fused-ring (bicyclic) bond motifs is 1. The smallest absolute Gasteiger partial charge is 0.264 e. The van der Waals surface area contributed by atoms with Crippen LogP contribution in [0.1, 0.15) is 11.1 Å². The van der Waals surface area contributed by atoms with Crippen LogP contribution in [0.15, 0.2) is 47.4 Å². The van der Waals surface area contributed by atoms with Crippen LogP contribution in [-0.2, 0) is 23.1 Å². The molecular formula is C15H15FN2O2S. The Balaban J connectivity index is 1.98. The van der Waals surface area contributed by atoms with Crippen molar-refractivity contribution < 1.29 is 12.8 Å². The zero-order valence-corrected chi connectivity index (χ0v) is 12.3. The molecule has 110 valence electrons. The van der Waals surface area contributed by atoms with Gasteiger partial charge in [0.25, 0.3) is 10.0 Å². The van der Waals surface area contributed by atoms with E-state index >= 15 is 0 Å². The largest absolute Gasteiger partial charge is 0.309 e. The van der Waals surface area contributed by atoms with Crippen molar-refractivity contribution in [3.05, 3.63) is 59.4 Å². The number of rotatable bonds is 3. The number of anilines is 1. The zero-order valence-electron chi connectivity index (χ0n) is 11.5. The molecule has 0 amide bonds. The fourth-order valence-electron chi connectivity index (χ4n) is 2.38. The Morgan fingerprint density at radius 2 is 1.71 bits per heavy atom. The van der Waals surface area contributed by atoms with E-state index in [0.717, 1.165) is 22.0 Å². The van der Waals surface area contributed by atoms with Gasteiger partial charge in [0.1, 0.15) is 5.82 Å². The predicted octanol–water partition coefficient (Wildman–Crippen LogP) is 2.25. The normalized spacial score (nSPS) is 14.0. The van der Waals surface area contributed by atoms with Gasteiger partial charge < -0.3 is 5.32 Å². The van der Waals surface area contributed by atoms with E-state index in [9.17, 15) is 12.8 Å². The second kappa shape index (κ2) is 5.13. The zero-order chi connectivity index (χ0) is 15.0. The van der Waals surface area contributed by atoms with Crippen LogP contribution < -0.4 is 9.62 Å². The molecule has 0 aliphatic carbocycles. The molecule has 0 spiro atoms. The molecule has 0 aromatic heterocycles. The maximum Gasteiger partial charge on any atom is 0.264 e. The number of halogens is 1. The second-order valence-electron chi connectivity index (χ2n) is 4.98. The highest BCUT2D eigenvalue weighted by molar-refractivity contribution is 7.92. The maximum absolute atomic E-state index is 12.9. The van der Waals surface area contributed by atoms with Gasteiger partial charge in [-0.1, -0.05) is 6.07 Å². The van der Waals surface area contributed by atoms with Gasteiger partial charge in [0.15, 0.2) is 0 Å². The van der Waals surface area contributed by atoms with E-state index < -0.39 is 15.8 Å². The van der Waals surface area contributed by atoms with E-state index in [1.807, 2.05) is 6.07 Å². The van der Waals surface area contributed by atoms with Gasteiger partial charge in [-0.05, 0) is 47.5 Å². The van der Waals surface area contributed by atoms with Gasteiger partial charge in [0.2, 0.25) is 0 Å². The Morgan fingerprint density at radius 3 is 2.43 bits per heavy atom. The van der Waals surface area contributed by atoms with Crippen molar-refractivity contribution in [2.24, 2.45) is 0 Å². The van der Waals surface area contributed by atoms with Crippen LogP contribution >= 0.6 is 0 Å². The Morgan fingerprint density at radius 1 is 1.05 bits per heavy atom. The van der Waals surface area contributed by atoms with Crippen LogP contribution in [0, 0.1) is 5.82 Å². The molecule has 2 aromatic rings. The number of benzene rings is 2. The Bertz CT molecular complexity index is 773. The number of nitrogens with zero attached hydrogens (tertiary/aromatic N) is 1. The molecule has 1 aliphatic heterocycles. The Hall–Kier alpha value is -1.92. The molecule has 4 nitrogen and oxygen atoms in total. The average Bonchev–Trinajstić information content (AvgIpc) is 2.94. The molecule has 0 saturated carbocycles. The van der Waals surface area contributed by atoms with Crippen LogP contribution in [0.3, 0.4) is 0 Å². The topological polar surface area (TPSA) is 49.4 Å². The quantitative estimate of drug-likeness (QED) is 0.946. The van der Waals surface area contributed by atoms with Gasteiger partial charge >= 0.3 is 0 Å². The number of hydrogen-bond acceptors (Lipinski definition) is 3. The summed E-state index contributed by atoms with van der Waals surface area (Å²) >= 11 is 0. The summed E-state index contributed by atoms with van der Waals surface area (Å²) in [6.07, 6.45) is 0. The van der Waals surface area contributed by atoms with Gasteiger partial charge in [-0.2, -0.15) is 0 Å². The van der Waals surface area contributed by atoms with E-state index in [0.29, 0.717) is 12.2 Å². The van der Waals surface area contributed by atoms with Crippen LogP contribution in [0.4, 0.5) is 10.1 Å². The van der Waals surface area contributed by atoms with E-state index in [1.165, 1.54) is 31.3 Å². The molecular weight excluding hydrogens is 291 g/mol. The number of nitrogens with one attached hydrogen (secondary N) is 1. The van der Waals surface area contributed by atoms with Crippen molar-refractivity contribution >= 4 is 15.7 Å². The molecule has 0 radical (unpaired) electrons. The summed E-state index contributed by atoms with van der Waals surface area (Å²) in [6, 6.07) is 10.5. The van der Waals surface area contributed by atoms with Gasteiger partial charge in [-0.15, -0.1) is 0 Å². The van der Waals surface area contributed by atoms with Gasteiger partial charge in [-0.3, -0.25) is 4.31 Å². The van der Waals surface area contributed by atoms with E-state index in [1.54, 1.807) is 12.1 Å². The number of hydrogen-bond donors (Lipinski definition) is 1. The molecule has 2 aromatic carbocycles. The molecule has 0 atom stereocenters. The highest BCUT2D eigenvalue weighted by Gasteiger charge is 2.23. The minimum atomic E-state index is -3.64.